The molecule has 0 radical (unpaired) electrons. The van der Waals surface area contributed by atoms with Gasteiger partial charge in [-0.2, -0.15) is 0 Å². The van der Waals surface area contributed by atoms with E-state index in [1.54, 1.807) is 30.6 Å². The summed E-state index contributed by atoms with van der Waals surface area (Å²) in [6, 6.07) is 7.50. The molecular formula is C16H21FN4S. The van der Waals surface area contributed by atoms with Gasteiger partial charge in [-0.15, -0.1) is 11.3 Å². The number of thiophene rings is 1. The van der Waals surface area contributed by atoms with Crippen LogP contribution >= 0.6 is 11.3 Å². The van der Waals surface area contributed by atoms with Gasteiger partial charge in [0.05, 0.1) is 12.2 Å². The maximum atomic E-state index is 13.5. The Morgan fingerprint density at radius 2 is 2.23 bits per heavy atom. The van der Waals surface area contributed by atoms with Crippen molar-refractivity contribution in [2.45, 2.75) is 32.9 Å². The van der Waals surface area contributed by atoms with Crippen LogP contribution in [0.25, 0.3) is 0 Å². The second kappa shape index (κ2) is 7.89. The summed E-state index contributed by atoms with van der Waals surface area (Å²) in [6.07, 6.45) is 2.51. The first-order valence-electron chi connectivity index (χ1n) is 7.20. The van der Waals surface area contributed by atoms with Gasteiger partial charge in [0.2, 0.25) is 0 Å². The van der Waals surface area contributed by atoms with Crippen LogP contribution in [0.4, 0.5) is 4.39 Å². The van der Waals surface area contributed by atoms with Crippen molar-refractivity contribution < 1.29 is 4.39 Å². The zero-order valence-electron chi connectivity index (χ0n) is 13.1. The SMILES string of the molecule is CN=C(NCc1ncccc1F)NC(C)Cc1ccc(C)s1. The van der Waals surface area contributed by atoms with Gasteiger partial charge < -0.3 is 10.6 Å². The molecule has 0 aliphatic heterocycles. The Morgan fingerprint density at radius 3 is 2.86 bits per heavy atom. The second-order valence-electron chi connectivity index (χ2n) is 5.12. The Morgan fingerprint density at radius 1 is 1.41 bits per heavy atom. The molecule has 2 aromatic rings. The van der Waals surface area contributed by atoms with E-state index < -0.39 is 0 Å². The zero-order chi connectivity index (χ0) is 15.9. The lowest BCUT2D eigenvalue weighted by Gasteiger charge is -2.17. The van der Waals surface area contributed by atoms with Crippen LogP contribution in [0.5, 0.6) is 0 Å². The van der Waals surface area contributed by atoms with E-state index in [-0.39, 0.29) is 11.9 Å². The quantitative estimate of drug-likeness (QED) is 0.658. The standard InChI is InChI=1S/C16H21FN4S/c1-11(9-13-7-6-12(2)22-13)21-16(18-3)20-10-15-14(17)5-4-8-19-15/h4-8,11H,9-10H2,1-3H3,(H2,18,20,21). The molecule has 0 spiro atoms. The van der Waals surface area contributed by atoms with Crippen LogP contribution < -0.4 is 10.6 Å². The van der Waals surface area contributed by atoms with Crippen LogP contribution in [-0.4, -0.2) is 24.0 Å². The molecule has 0 aromatic carbocycles. The molecule has 2 aromatic heterocycles. The summed E-state index contributed by atoms with van der Waals surface area (Å²) in [5.74, 6) is 0.332. The maximum Gasteiger partial charge on any atom is 0.191 e. The van der Waals surface area contributed by atoms with Crippen molar-refractivity contribution in [1.82, 2.24) is 15.6 Å². The first kappa shape index (κ1) is 16.4. The fourth-order valence-electron chi connectivity index (χ4n) is 2.09. The Hall–Kier alpha value is -1.95. The topological polar surface area (TPSA) is 49.3 Å². The van der Waals surface area contributed by atoms with Crippen LogP contribution in [0.2, 0.25) is 0 Å². The van der Waals surface area contributed by atoms with E-state index in [4.69, 9.17) is 0 Å². The molecule has 2 rings (SSSR count). The number of nitrogens with one attached hydrogen (secondary N) is 2. The van der Waals surface area contributed by atoms with Crippen molar-refractivity contribution in [3.8, 4) is 0 Å². The van der Waals surface area contributed by atoms with E-state index in [2.05, 4.69) is 46.6 Å². The minimum Gasteiger partial charge on any atom is -0.354 e. The third-order valence-electron chi connectivity index (χ3n) is 3.17. The van der Waals surface area contributed by atoms with Gasteiger partial charge in [-0.25, -0.2) is 4.39 Å². The van der Waals surface area contributed by atoms with Gasteiger partial charge in [0.1, 0.15) is 5.82 Å². The van der Waals surface area contributed by atoms with Gasteiger partial charge in [0.15, 0.2) is 5.96 Å². The highest BCUT2D eigenvalue weighted by molar-refractivity contribution is 7.11. The van der Waals surface area contributed by atoms with Gasteiger partial charge in [0.25, 0.3) is 0 Å². The average molecular weight is 320 g/mol. The molecular weight excluding hydrogens is 299 g/mol. The first-order chi connectivity index (χ1) is 10.6. The monoisotopic (exact) mass is 320 g/mol. The Kier molecular flexibility index (Phi) is 5.89. The molecule has 0 bridgehead atoms. The highest BCUT2D eigenvalue weighted by atomic mass is 32.1. The second-order valence-corrected chi connectivity index (χ2v) is 6.49. The molecule has 118 valence electrons. The van der Waals surface area contributed by atoms with E-state index in [1.165, 1.54) is 15.8 Å². The molecule has 1 atom stereocenters. The number of hydrogen-bond donors (Lipinski definition) is 2. The van der Waals surface area contributed by atoms with E-state index in [0.29, 0.717) is 18.2 Å². The Labute approximate surface area is 134 Å². The van der Waals surface area contributed by atoms with E-state index in [9.17, 15) is 4.39 Å². The minimum absolute atomic E-state index is 0.234. The normalized spacial score (nSPS) is 13.0. The number of pyridine rings is 1. The molecule has 6 heteroatoms. The summed E-state index contributed by atoms with van der Waals surface area (Å²) < 4.78 is 13.5. The fourth-order valence-corrected chi connectivity index (χ4v) is 3.11. The van der Waals surface area contributed by atoms with Gasteiger partial charge in [0, 0.05) is 35.5 Å². The van der Waals surface area contributed by atoms with Crippen LogP contribution in [-0.2, 0) is 13.0 Å². The van der Waals surface area contributed by atoms with E-state index in [1.807, 2.05) is 0 Å². The summed E-state index contributed by atoms with van der Waals surface area (Å²) in [7, 11) is 1.70. The number of aliphatic imine (C=N–C) groups is 1. The number of rotatable bonds is 5. The van der Waals surface area contributed by atoms with Gasteiger partial charge >= 0.3 is 0 Å². The lowest BCUT2D eigenvalue weighted by atomic mass is 10.2. The molecule has 0 saturated carbocycles. The number of aromatic nitrogens is 1. The van der Waals surface area contributed by atoms with Crippen molar-refractivity contribution in [2.24, 2.45) is 4.99 Å². The number of guanidine groups is 1. The van der Waals surface area contributed by atoms with Crippen molar-refractivity contribution in [1.29, 1.82) is 0 Å². The summed E-state index contributed by atoms with van der Waals surface area (Å²) in [6.45, 7) is 4.51. The van der Waals surface area contributed by atoms with Crippen LogP contribution in [0.1, 0.15) is 22.4 Å². The summed E-state index contributed by atoms with van der Waals surface area (Å²) >= 11 is 1.80. The van der Waals surface area contributed by atoms with Crippen molar-refractivity contribution >= 4 is 17.3 Å². The summed E-state index contributed by atoms with van der Waals surface area (Å²) in [5.41, 5.74) is 0.381. The van der Waals surface area contributed by atoms with Gasteiger partial charge in [-0.3, -0.25) is 9.98 Å². The molecule has 0 fully saturated rings. The summed E-state index contributed by atoms with van der Waals surface area (Å²) in [4.78, 5) is 10.8. The average Bonchev–Trinajstić information content (AvgIpc) is 2.90. The Balaban J connectivity index is 1.85. The highest BCUT2D eigenvalue weighted by Crippen LogP contribution is 2.16. The number of hydrogen-bond acceptors (Lipinski definition) is 3. The van der Waals surface area contributed by atoms with Crippen molar-refractivity contribution in [3.63, 3.8) is 0 Å². The van der Waals surface area contributed by atoms with E-state index in [0.717, 1.165) is 6.42 Å². The van der Waals surface area contributed by atoms with E-state index >= 15 is 0 Å². The molecule has 0 aliphatic rings. The summed E-state index contributed by atoms with van der Waals surface area (Å²) in [5, 5.41) is 6.40. The molecule has 2 N–H and O–H groups in total. The minimum atomic E-state index is -0.312. The maximum absolute atomic E-state index is 13.5. The smallest absolute Gasteiger partial charge is 0.191 e. The third kappa shape index (κ3) is 4.80. The first-order valence-corrected chi connectivity index (χ1v) is 8.02. The molecule has 0 amide bonds. The zero-order valence-corrected chi connectivity index (χ0v) is 13.9. The van der Waals surface area contributed by atoms with Gasteiger partial charge in [-0.05, 0) is 38.1 Å². The molecule has 22 heavy (non-hydrogen) atoms. The lowest BCUT2D eigenvalue weighted by Crippen LogP contribution is -2.42. The fraction of sp³-hybridized carbons (Fsp3) is 0.375. The molecule has 1 unspecified atom stereocenters. The molecule has 0 saturated heterocycles. The van der Waals surface area contributed by atoms with Crippen molar-refractivity contribution in [3.05, 3.63) is 51.7 Å². The van der Waals surface area contributed by atoms with Crippen LogP contribution in [0.15, 0.2) is 35.5 Å². The van der Waals surface area contributed by atoms with Crippen LogP contribution in [0.3, 0.4) is 0 Å². The number of nitrogens with zero attached hydrogens (tertiary/aromatic N) is 2. The predicted octanol–water partition coefficient (Wildman–Crippen LogP) is 2.89. The molecule has 0 aliphatic carbocycles. The lowest BCUT2D eigenvalue weighted by molar-refractivity contribution is 0.589. The van der Waals surface area contributed by atoms with Crippen LogP contribution in [0, 0.1) is 12.7 Å². The molecule has 2 heterocycles. The Bertz CT molecular complexity index is 639. The van der Waals surface area contributed by atoms with Gasteiger partial charge in [-0.1, -0.05) is 0 Å². The highest BCUT2D eigenvalue weighted by Gasteiger charge is 2.09. The van der Waals surface area contributed by atoms with Crippen molar-refractivity contribution in [2.75, 3.05) is 7.05 Å². The third-order valence-corrected chi connectivity index (χ3v) is 4.19. The largest absolute Gasteiger partial charge is 0.354 e. The predicted molar refractivity (Wildman–Crippen MR) is 89.8 cm³/mol. The molecule has 4 nitrogen and oxygen atoms in total. The number of aryl methyl sites for hydroxylation is 1. The number of halogens is 1.